The van der Waals surface area contributed by atoms with Crippen molar-refractivity contribution >= 4 is 5.97 Å². The first kappa shape index (κ1) is 13.2. The van der Waals surface area contributed by atoms with Gasteiger partial charge in [-0.05, 0) is 24.0 Å². The highest BCUT2D eigenvalue weighted by Gasteiger charge is 2.09. The van der Waals surface area contributed by atoms with Crippen LogP contribution in [-0.2, 0) is 0 Å². The summed E-state index contributed by atoms with van der Waals surface area (Å²) in [5.74, 6) is -0.768. The molecule has 0 saturated heterocycles. The van der Waals surface area contributed by atoms with E-state index in [0.29, 0.717) is 11.6 Å². The summed E-state index contributed by atoms with van der Waals surface area (Å²) < 4.78 is 0. The van der Waals surface area contributed by atoms with E-state index in [9.17, 15) is 4.79 Å². The van der Waals surface area contributed by atoms with Crippen molar-refractivity contribution in [2.45, 2.75) is 26.2 Å². The van der Waals surface area contributed by atoms with Crippen LogP contribution < -0.4 is 0 Å². The van der Waals surface area contributed by atoms with Gasteiger partial charge in [0.25, 0.3) is 0 Å². The van der Waals surface area contributed by atoms with Gasteiger partial charge in [-0.2, -0.15) is 0 Å². The molecule has 1 atom stereocenters. The van der Waals surface area contributed by atoms with Gasteiger partial charge in [-0.15, -0.1) is 0 Å². The Labute approximate surface area is 112 Å². The molecule has 98 valence electrons. The monoisotopic (exact) mass is 256 g/mol. The maximum atomic E-state index is 10.8. The van der Waals surface area contributed by atoms with Crippen molar-refractivity contribution in [1.82, 2.24) is 9.97 Å². The van der Waals surface area contributed by atoms with Gasteiger partial charge in [0.2, 0.25) is 5.82 Å². The average molecular weight is 256 g/mol. The molecule has 1 N–H and O–H groups in total. The van der Waals surface area contributed by atoms with E-state index < -0.39 is 5.97 Å². The van der Waals surface area contributed by atoms with E-state index in [1.54, 1.807) is 6.07 Å². The van der Waals surface area contributed by atoms with E-state index in [2.05, 4.69) is 35.9 Å². The Bertz CT molecular complexity index is 579. The van der Waals surface area contributed by atoms with Crippen molar-refractivity contribution in [2.24, 2.45) is 0 Å². The lowest BCUT2D eigenvalue weighted by atomic mass is 9.97. The molecule has 0 radical (unpaired) electrons. The van der Waals surface area contributed by atoms with Crippen molar-refractivity contribution in [3.8, 4) is 11.3 Å². The summed E-state index contributed by atoms with van der Waals surface area (Å²) in [6, 6.07) is 9.77. The number of carbonyl (C=O) groups is 1. The summed E-state index contributed by atoms with van der Waals surface area (Å²) in [6.07, 6.45) is 2.56. The van der Waals surface area contributed by atoms with Crippen LogP contribution in [0.4, 0.5) is 0 Å². The Morgan fingerprint density at radius 1 is 1.26 bits per heavy atom. The molecule has 19 heavy (non-hydrogen) atoms. The predicted molar refractivity (Wildman–Crippen MR) is 73.1 cm³/mol. The zero-order chi connectivity index (χ0) is 13.8. The van der Waals surface area contributed by atoms with Crippen LogP contribution >= 0.6 is 0 Å². The Morgan fingerprint density at radius 2 is 1.95 bits per heavy atom. The predicted octanol–water partition coefficient (Wildman–Crippen LogP) is 3.36. The van der Waals surface area contributed by atoms with Crippen LogP contribution in [0.1, 0.15) is 42.4 Å². The largest absolute Gasteiger partial charge is 0.475 e. The molecule has 1 aromatic heterocycles. The summed E-state index contributed by atoms with van der Waals surface area (Å²) in [6.45, 7) is 4.34. The molecule has 0 bridgehead atoms. The van der Waals surface area contributed by atoms with Crippen LogP contribution in [0.15, 0.2) is 36.5 Å². The molecule has 1 unspecified atom stereocenters. The normalized spacial score (nSPS) is 12.1. The quantitative estimate of drug-likeness (QED) is 0.911. The molecule has 4 heteroatoms. The number of aromatic carboxylic acids is 1. The third-order valence-electron chi connectivity index (χ3n) is 3.23. The van der Waals surface area contributed by atoms with Gasteiger partial charge in [0, 0.05) is 11.8 Å². The highest BCUT2D eigenvalue weighted by atomic mass is 16.4. The molecule has 2 rings (SSSR count). The van der Waals surface area contributed by atoms with E-state index in [4.69, 9.17) is 5.11 Å². The maximum Gasteiger partial charge on any atom is 0.373 e. The number of hydrogen-bond donors (Lipinski definition) is 1. The van der Waals surface area contributed by atoms with E-state index >= 15 is 0 Å². The number of carboxylic acid groups (broad SMARTS) is 1. The van der Waals surface area contributed by atoms with Crippen molar-refractivity contribution in [3.63, 3.8) is 0 Å². The third-order valence-corrected chi connectivity index (χ3v) is 3.23. The van der Waals surface area contributed by atoms with E-state index in [1.165, 1.54) is 11.8 Å². The first-order valence-corrected chi connectivity index (χ1v) is 6.28. The van der Waals surface area contributed by atoms with E-state index in [1.807, 2.05) is 12.1 Å². The Hall–Kier alpha value is -2.23. The van der Waals surface area contributed by atoms with Gasteiger partial charge in [-0.25, -0.2) is 14.8 Å². The highest BCUT2D eigenvalue weighted by molar-refractivity contribution is 5.83. The number of nitrogens with zero attached hydrogens (tertiary/aromatic N) is 2. The molecule has 4 nitrogen and oxygen atoms in total. The summed E-state index contributed by atoms with van der Waals surface area (Å²) in [7, 11) is 0. The molecule has 2 aromatic rings. The highest BCUT2D eigenvalue weighted by Crippen LogP contribution is 2.22. The molecule has 0 aliphatic heterocycles. The molecule has 0 aliphatic carbocycles. The minimum atomic E-state index is -1.11. The summed E-state index contributed by atoms with van der Waals surface area (Å²) in [5.41, 5.74) is 2.80. The van der Waals surface area contributed by atoms with Gasteiger partial charge in [-0.1, -0.05) is 38.1 Å². The molecule has 1 heterocycles. The van der Waals surface area contributed by atoms with Crippen LogP contribution in [0, 0.1) is 0 Å². The van der Waals surface area contributed by atoms with Gasteiger partial charge >= 0.3 is 5.97 Å². The van der Waals surface area contributed by atoms with Crippen molar-refractivity contribution in [1.29, 1.82) is 0 Å². The zero-order valence-corrected chi connectivity index (χ0v) is 11.0. The number of carboxylic acids is 1. The topological polar surface area (TPSA) is 63.1 Å². The second kappa shape index (κ2) is 5.61. The smallest absolute Gasteiger partial charge is 0.373 e. The fraction of sp³-hybridized carbons (Fsp3) is 0.267. The molecule has 0 amide bonds. The summed E-state index contributed by atoms with van der Waals surface area (Å²) >= 11 is 0. The van der Waals surface area contributed by atoms with Crippen molar-refractivity contribution in [2.75, 3.05) is 0 Å². The van der Waals surface area contributed by atoms with Gasteiger partial charge < -0.3 is 5.11 Å². The fourth-order valence-corrected chi connectivity index (χ4v) is 1.84. The fourth-order valence-electron chi connectivity index (χ4n) is 1.84. The molecule has 0 fully saturated rings. The molecule has 1 aromatic carbocycles. The van der Waals surface area contributed by atoms with E-state index in [0.717, 1.165) is 12.0 Å². The van der Waals surface area contributed by atoms with Crippen LogP contribution in [0.25, 0.3) is 11.3 Å². The zero-order valence-electron chi connectivity index (χ0n) is 11.0. The number of aromatic nitrogens is 2. The lowest BCUT2D eigenvalue weighted by Crippen LogP contribution is -2.04. The Morgan fingerprint density at radius 3 is 2.53 bits per heavy atom. The summed E-state index contributed by atoms with van der Waals surface area (Å²) in [4.78, 5) is 18.6. The van der Waals surface area contributed by atoms with Crippen LogP contribution in [-0.4, -0.2) is 21.0 Å². The van der Waals surface area contributed by atoms with Crippen LogP contribution in [0.5, 0.6) is 0 Å². The summed E-state index contributed by atoms with van der Waals surface area (Å²) in [5, 5.41) is 8.88. The maximum absolute atomic E-state index is 10.8. The van der Waals surface area contributed by atoms with E-state index in [-0.39, 0.29) is 5.82 Å². The van der Waals surface area contributed by atoms with Crippen LogP contribution in [0.2, 0.25) is 0 Å². The molecule has 0 spiro atoms. The standard InChI is InChI=1S/C15H16N2O2/c1-3-10(2)11-4-6-12(7-5-11)13-8-9-16-14(17-13)15(18)19/h4-10H,3H2,1-2H3,(H,18,19). The minimum Gasteiger partial charge on any atom is -0.475 e. The number of benzene rings is 1. The van der Waals surface area contributed by atoms with Gasteiger partial charge in [0.05, 0.1) is 5.69 Å². The lowest BCUT2D eigenvalue weighted by Gasteiger charge is -2.09. The molecule has 0 saturated carbocycles. The first-order chi connectivity index (χ1) is 9.11. The Balaban J connectivity index is 2.32. The minimum absolute atomic E-state index is 0.177. The number of rotatable bonds is 4. The SMILES string of the molecule is CCC(C)c1ccc(-c2ccnc(C(=O)O)n2)cc1. The third kappa shape index (κ3) is 2.96. The lowest BCUT2D eigenvalue weighted by molar-refractivity contribution is 0.0683. The molecular formula is C15H16N2O2. The molecular weight excluding hydrogens is 240 g/mol. The van der Waals surface area contributed by atoms with Crippen LogP contribution in [0.3, 0.4) is 0 Å². The van der Waals surface area contributed by atoms with Gasteiger partial charge in [0.15, 0.2) is 0 Å². The second-order valence-corrected chi connectivity index (χ2v) is 4.50. The Kier molecular flexibility index (Phi) is 3.90. The first-order valence-electron chi connectivity index (χ1n) is 6.28. The van der Waals surface area contributed by atoms with Gasteiger partial charge in [-0.3, -0.25) is 0 Å². The second-order valence-electron chi connectivity index (χ2n) is 4.50. The number of hydrogen-bond acceptors (Lipinski definition) is 3. The van der Waals surface area contributed by atoms with Crippen molar-refractivity contribution in [3.05, 3.63) is 47.9 Å². The van der Waals surface area contributed by atoms with Gasteiger partial charge in [0.1, 0.15) is 0 Å². The average Bonchev–Trinajstić information content (AvgIpc) is 2.46. The molecule has 0 aliphatic rings. The van der Waals surface area contributed by atoms with Crippen molar-refractivity contribution < 1.29 is 9.90 Å².